The fraction of sp³-hybridized carbons (Fsp3) is 0.481. The monoisotopic (exact) mass is 438 g/mol. The molecule has 0 aliphatic rings. The highest BCUT2D eigenvalue weighted by Crippen LogP contribution is 2.23. The van der Waals surface area contributed by atoms with Crippen LogP contribution in [0, 0.1) is 33.6 Å². The molecule has 1 atom stereocenters. The van der Waals surface area contributed by atoms with Crippen LogP contribution in [0.15, 0.2) is 36.4 Å². The molecule has 2 aromatic rings. The average Bonchev–Trinajstić information content (AvgIpc) is 2.73. The van der Waals surface area contributed by atoms with Gasteiger partial charge < -0.3 is 15.0 Å². The highest BCUT2D eigenvalue weighted by molar-refractivity contribution is 5.88. The van der Waals surface area contributed by atoms with Crippen LogP contribution in [-0.2, 0) is 16.1 Å². The van der Waals surface area contributed by atoms with Gasteiger partial charge in [0.05, 0.1) is 0 Å². The van der Waals surface area contributed by atoms with Gasteiger partial charge >= 0.3 is 0 Å². The quantitative estimate of drug-likeness (QED) is 0.575. The van der Waals surface area contributed by atoms with Crippen molar-refractivity contribution in [2.75, 3.05) is 13.2 Å². The molecular weight excluding hydrogens is 400 g/mol. The number of nitrogens with one attached hydrogen (secondary N) is 1. The minimum atomic E-state index is -0.550. The van der Waals surface area contributed by atoms with Gasteiger partial charge in [-0.1, -0.05) is 56.7 Å². The number of aryl methyl sites for hydroxylation is 3. The average molecular weight is 439 g/mol. The molecule has 0 bridgehead atoms. The number of carbonyl (C=O) groups is 2. The van der Waals surface area contributed by atoms with Gasteiger partial charge in [0.1, 0.15) is 11.8 Å². The van der Waals surface area contributed by atoms with E-state index in [4.69, 9.17) is 4.74 Å². The van der Waals surface area contributed by atoms with Crippen molar-refractivity contribution in [2.24, 2.45) is 5.92 Å². The third kappa shape index (κ3) is 7.11. The summed E-state index contributed by atoms with van der Waals surface area (Å²) in [4.78, 5) is 28.0. The molecule has 0 radical (unpaired) electrons. The van der Waals surface area contributed by atoms with Crippen molar-refractivity contribution in [3.8, 4) is 5.75 Å². The first-order chi connectivity index (χ1) is 15.1. The van der Waals surface area contributed by atoms with Gasteiger partial charge in [-0.3, -0.25) is 9.59 Å². The van der Waals surface area contributed by atoms with E-state index in [-0.39, 0.29) is 18.4 Å². The number of rotatable bonds is 10. The Labute approximate surface area is 193 Å². The standard InChI is InChI=1S/C27H38N2O3/c1-8-24(27(31)28-15-18(2)3)29(16-23-11-9-10-19(4)13-23)26(30)17-32-25-14-20(5)12-21(6)22(25)7/h9-14,18,24H,8,15-17H2,1-7H3,(H,28,31)/t24-/m0/s1. The van der Waals surface area contributed by atoms with Crippen molar-refractivity contribution in [2.45, 2.75) is 67.5 Å². The molecule has 0 spiro atoms. The third-order valence-electron chi connectivity index (χ3n) is 5.62. The second-order valence-corrected chi connectivity index (χ2v) is 9.07. The maximum Gasteiger partial charge on any atom is 0.261 e. The Morgan fingerprint density at radius 1 is 1.03 bits per heavy atom. The number of hydrogen-bond acceptors (Lipinski definition) is 3. The summed E-state index contributed by atoms with van der Waals surface area (Å²) in [5, 5.41) is 2.99. The van der Waals surface area contributed by atoms with Crippen molar-refractivity contribution in [3.63, 3.8) is 0 Å². The lowest BCUT2D eigenvalue weighted by molar-refractivity contribution is -0.143. The maximum atomic E-state index is 13.4. The molecular formula is C27H38N2O3. The number of hydrogen-bond donors (Lipinski definition) is 1. The van der Waals surface area contributed by atoms with Crippen molar-refractivity contribution in [1.82, 2.24) is 10.2 Å². The van der Waals surface area contributed by atoms with Crippen LogP contribution >= 0.6 is 0 Å². The summed E-state index contributed by atoms with van der Waals surface area (Å²) in [5.41, 5.74) is 5.36. The summed E-state index contributed by atoms with van der Waals surface area (Å²) in [6.07, 6.45) is 0.532. The van der Waals surface area contributed by atoms with E-state index in [0.717, 1.165) is 27.8 Å². The van der Waals surface area contributed by atoms with E-state index in [1.165, 1.54) is 0 Å². The number of amides is 2. The number of ether oxygens (including phenoxy) is 1. The van der Waals surface area contributed by atoms with Crippen molar-refractivity contribution < 1.29 is 14.3 Å². The first kappa shape index (κ1) is 25.4. The van der Waals surface area contributed by atoms with Crippen LogP contribution < -0.4 is 10.1 Å². The molecule has 5 nitrogen and oxygen atoms in total. The molecule has 1 N–H and O–H groups in total. The highest BCUT2D eigenvalue weighted by Gasteiger charge is 2.29. The van der Waals surface area contributed by atoms with Crippen LogP contribution in [0.5, 0.6) is 5.75 Å². The molecule has 5 heteroatoms. The first-order valence-electron chi connectivity index (χ1n) is 11.5. The highest BCUT2D eigenvalue weighted by atomic mass is 16.5. The predicted octanol–water partition coefficient (Wildman–Crippen LogP) is 4.88. The Kier molecular flexibility index (Phi) is 9.30. The molecule has 0 saturated heterocycles. The Bertz CT molecular complexity index is 936. The Morgan fingerprint density at radius 2 is 1.75 bits per heavy atom. The number of carbonyl (C=O) groups excluding carboxylic acids is 2. The molecule has 0 aromatic heterocycles. The summed E-state index contributed by atoms with van der Waals surface area (Å²) >= 11 is 0. The van der Waals surface area contributed by atoms with Gasteiger partial charge in [0.25, 0.3) is 5.91 Å². The first-order valence-corrected chi connectivity index (χ1v) is 11.5. The molecule has 174 valence electrons. The second kappa shape index (κ2) is 11.7. The molecule has 0 aliphatic carbocycles. The Morgan fingerprint density at radius 3 is 2.38 bits per heavy atom. The zero-order valence-corrected chi connectivity index (χ0v) is 20.6. The van der Waals surface area contributed by atoms with Crippen LogP contribution in [0.4, 0.5) is 0 Å². The zero-order chi connectivity index (χ0) is 23.8. The molecule has 0 aliphatic heterocycles. The topological polar surface area (TPSA) is 58.6 Å². The summed E-state index contributed by atoms with van der Waals surface area (Å²) < 4.78 is 5.95. The molecule has 2 aromatic carbocycles. The van der Waals surface area contributed by atoms with Crippen molar-refractivity contribution in [1.29, 1.82) is 0 Å². The van der Waals surface area contributed by atoms with Gasteiger partial charge in [0.2, 0.25) is 5.91 Å². The van der Waals surface area contributed by atoms with E-state index in [1.807, 2.05) is 65.0 Å². The van der Waals surface area contributed by atoms with Crippen LogP contribution in [0.2, 0.25) is 0 Å². The fourth-order valence-electron chi connectivity index (χ4n) is 3.72. The van der Waals surface area contributed by atoms with Gasteiger partial charge in [0.15, 0.2) is 6.61 Å². The molecule has 0 saturated carbocycles. The van der Waals surface area contributed by atoms with Crippen LogP contribution in [0.1, 0.15) is 55.0 Å². The largest absolute Gasteiger partial charge is 0.483 e. The van der Waals surface area contributed by atoms with Gasteiger partial charge in [0, 0.05) is 13.1 Å². The summed E-state index contributed by atoms with van der Waals surface area (Å²) in [7, 11) is 0. The lowest BCUT2D eigenvalue weighted by Crippen LogP contribution is -2.50. The van der Waals surface area contributed by atoms with Gasteiger partial charge in [-0.2, -0.15) is 0 Å². The lowest BCUT2D eigenvalue weighted by atomic mass is 10.1. The van der Waals surface area contributed by atoms with E-state index < -0.39 is 6.04 Å². The van der Waals surface area contributed by atoms with Gasteiger partial charge in [-0.25, -0.2) is 0 Å². The van der Waals surface area contributed by atoms with E-state index in [1.54, 1.807) is 4.90 Å². The molecule has 32 heavy (non-hydrogen) atoms. The Balaban J connectivity index is 2.25. The molecule has 0 unspecified atom stereocenters. The van der Waals surface area contributed by atoms with E-state index >= 15 is 0 Å². The van der Waals surface area contributed by atoms with E-state index in [2.05, 4.69) is 25.2 Å². The van der Waals surface area contributed by atoms with Gasteiger partial charge in [-0.15, -0.1) is 0 Å². The smallest absolute Gasteiger partial charge is 0.261 e. The molecule has 0 heterocycles. The predicted molar refractivity (Wildman–Crippen MR) is 130 cm³/mol. The van der Waals surface area contributed by atoms with Crippen molar-refractivity contribution in [3.05, 3.63) is 64.2 Å². The zero-order valence-electron chi connectivity index (χ0n) is 20.6. The van der Waals surface area contributed by atoms with Gasteiger partial charge in [-0.05, 0) is 68.4 Å². The third-order valence-corrected chi connectivity index (χ3v) is 5.62. The van der Waals surface area contributed by atoms with Crippen LogP contribution in [0.3, 0.4) is 0 Å². The minimum Gasteiger partial charge on any atom is -0.483 e. The SMILES string of the molecule is CC[C@@H](C(=O)NCC(C)C)N(Cc1cccc(C)c1)C(=O)COc1cc(C)cc(C)c1C. The van der Waals surface area contributed by atoms with Crippen LogP contribution in [-0.4, -0.2) is 35.9 Å². The Hall–Kier alpha value is -2.82. The van der Waals surface area contributed by atoms with Crippen LogP contribution in [0.25, 0.3) is 0 Å². The molecule has 2 rings (SSSR count). The fourth-order valence-corrected chi connectivity index (χ4v) is 3.72. The van der Waals surface area contributed by atoms with Crippen molar-refractivity contribution >= 4 is 11.8 Å². The number of benzene rings is 2. The summed E-state index contributed by atoms with van der Waals surface area (Å²) in [6.45, 7) is 14.9. The summed E-state index contributed by atoms with van der Waals surface area (Å²) in [6, 6.07) is 11.5. The number of nitrogens with zero attached hydrogens (tertiary/aromatic N) is 1. The molecule has 0 fully saturated rings. The second-order valence-electron chi connectivity index (χ2n) is 9.07. The lowest BCUT2D eigenvalue weighted by Gasteiger charge is -2.31. The normalized spacial score (nSPS) is 11.9. The maximum absolute atomic E-state index is 13.4. The van der Waals surface area contributed by atoms with E-state index in [9.17, 15) is 9.59 Å². The van der Waals surface area contributed by atoms with E-state index in [0.29, 0.717) is 31.2 Å². The minimum absolute atomic E-state index is 0.108. The molecule has 2 amide bonds. The summed E-state index contributed by atoms with van der Waals surface area (Å²) in [5.74, 6) is 0.735.